The third-order valence-corrected chi connectivity index (χ3v) is 4.38. The maximum atomic E-state index is 5.45. The molecular weight excluding hydrogens is 280 g/mol. The van der Waals surface area contributed by atoms with Crippen molar-refractivity contribution in [1.82, 2.24) is 15.1 Å². The summed E-state index contributed by atoms with van der Waals surface area (Å²) in [5.41, 5.74) is 2.43. The summed E-state index contributed by atoms with van der Waals surface area (Å²) in [4.78, 5) is 7.01. The van der Waals surface area contributed by atoms with Gasteiger partial charge in [-0.1, -0.05) is 31.5 Å². The fourth-order valence-corrected chi connectivity index (χ4v) is 2.71. The Morgan fingerprint density at radius 2 is 1.86 bits per heavy atom. The largest absolute Gasteiger partial charge is 0.349 e. The number of aryl methyl sites for hydroxylation is 1. The van der Waals surface area contributed by atoms with Crippen LogP contribution in [0.25, 0.3) is 0 Å². The summed E-state index contributed by atoms with van der Waals surface area (Å²) in [6.07, 6.45) is 0. The number of hydrogen-bond donors (Lipinski definition) is 1. The average molecular weight is 306 g/mol. The number of nitrogens with one attached hydrogen (secondary N) is 1. The van der Waals surface area contributed by atoms with Gasteiger partial charge in [0.1, 0.15) is 0 Å². The van der Waals surface area contributed by atoms with Gasteiger partial charge in [-0.05, 0) is 44.4 Å². The topological polar surface area (TPSA) is 21.8 Å². The van der Waals surface area contributed by atoms with E-state index in [1.807, 2.05) is 0 Å². The van der Waals surface area contributed by atoms with E-state index in [0.29, 0.717) is 0 Å². The average Bonchev–Trinajstić information content (AvgIpc) is 2.51. The van der Waals surface area contributed by atoms with Crippen LogP contribution >= 0.6 is 12.2 Å². The van der Waals surface area contributed by atoms with Gasteiger partial charge >= 0.3 is 0 Å². The van der Waals surface area contributed by atoms with E-state index in [9.17, 15) is 0 Å². The molecule has 0 aliphatic carbocycles. The molecule has 1 N–H and O–H groups in total. The van der Waals surface area contributed by atoms with Gasteiger partial charge in [-0.2, -0.15) is 0 Å². The van der Waals surface area contributed by atoms with Gasteiger partial charge in [0.2, 0.25) is 0 Å². The zero-order valence-electron chi connectivity index (χ0n) is 13.3. The zero-order chi connectivity index (χ0) is 15.2. The van der Waals surface area contributed by atoms with Gasteiger partial charge in [0, 0.05) is 18.8 Å². The van der Waals surface area contributed by atoms with E-state index in [4.69, 9.17) is 12.2 Å². The molecule has 0 aromatic heterocycles. The first-order valence-electron chi connectivity index (χ1n) is 7.70. The highest BCUT2D eigenvalue weighted by molar-refractivity contribution is 7.80. The lowest BCUT2D eigenvalue weighted by molar-refractivity contribution is 0.207. The molecule has 1 aromatic rings. The monoisotopic (exact) mass is 306 g/mol. The number of likely N-dealkylation sites (N-methyl/N-ethyl adjacent to an activating group) is 1. The van der Waals surface area contributed by atoms with Gasteiger partial charge in [0.05, 0.1) is 13.3 Å². The van der Waals surface area contributed by atoms with Crippen LogP contribution < -0.4 is 10.2 Å². The first-order valence-corrected chi connectivity index (χ1v) is 8.11. The quantitative estimate of drug-likeness (QED) is 0.812. The number of anilines is 1. The van der Waals surface area contributed by atoms with Crippen molar-refractivity contribution in [1.29, 1.82) is 0 Å². The molecule has 1 aliphatic heterocycles. The zero-order valence-corrected chi connectivity index (χ0v) is 14.1. The summed E-state index contributed by atoms with van der Waals surface area (Å²) in [6.45, 7) is 12.6. The molecule has 21 heavy (non-hydrogen) atoms. The first kappa shape index (κ1) is 16.2. The van der Waals surface area contributed by atoms with Crippen LogP contribution in [0, 0.1) is 6.92 Å². The van der Waals surface area contributed by atoms with Crippen LogP contribution in [0.2, 0.25) is 0 Å². The van der Waals surface area contributed by atoms with E-state index in [-0.39, 0.29) is 0 Å². The minimum atomic E-state index is 0.818. The Hall–Kier alpha value is -1.17. The molecular formula is C16H26N4S. The molecule has 0 radical (unpaired) electrons. The molecule has 2 rings (SSSR count). The van der Waals surface area contributed by atoms with Gasteiger partial charge < -0.3 is 15.1 Å². The van der Waals surface area contributed by atoms with Crippen molar-refractivity contribution in [3.8, 4) is 0 Å². The number of hydrogen-bond acceptors (Lipinski definition) is 3. The summed E-state index contributed by atoms with van der Waals surface area (Å²) in [5, 5.41) is 4.14. The second-order valence-corrected chi connectivity index (χ2v) is 5.85. The Morgan fingerprint density at radius 1 is 1.19 bits per heavy atom. The number of nitrogens with zero attached hydrogens (tertiary/aromatic N) is 3. The Balaban J connectivity index is 1.96. The van der Waals surface area contributed by atoms with Crippen molar-refractivity contribution in [3.05, 3.63) is 29.8 Å². The molecule has 0 spiro atoms. The standard InChI is InChI=1S/C16H26N4S/c1-4-18(5-2)10-11-19-12-17-16(21)20(13-19)15-8-6-14(3)7-9-15/h6-9H,4-5,10-13H2,1-3H3,(H,17,21). The lowest BCUT2D eigenvalue weighted by Gasteiger charge is -2.38. The Kier molecular flexibility index (Phi) is 5.96. The third-order valence-electron chi connectivity index (χ3n) is 4.01. The van der Waals surface area contributed by atoms with Crippen LogP contribution in [0.3, 0.4) is 0 Å². The molecule has 1 heterocycles. The van der Waals surface area contributed by atoms with E-state index >= 15 is 0 Å². The minimum absolute atomic E-state index is 0.818. The van der Waals surface area contributed by atoms with Gasteiger partial charge in [-0.3, -0.25) is 4.90 Å². The molecule has 0 unspecified atom stereocenters. The third kappa shape index (κ3) is 4.40. The van der Waals surface area contributed by atoms with Gasteiger partial charge in [-0.25, -0.2) is 0 Å². The molecule has 0 bridgehead atoms. The van der Waals surface area contributed by atoms with Crippen LogP contribution in [0.4, 0.5) is 5.69 Å². The van der Waals surface area contributed by atoms with Crippen molar-refractivity contribution in [3.63, 3.8) is 0 Å². The molecule has 116 valence electrons. The molecule has 4 nitrogen and oxygen atoms in total. The summed E-state index contributed by atoms with van der Waals surface area (Å²) >= 11 is 5.45. The molecule has 1 aromatic carbocycles. The smallest absolute Gasteiger partial charge is 0.175 e. The molecule has 0 saturated carbocycles. The van der Waals surface area contributed by atoms with Crippen LogP contribution in [0.15, 0.2) is 24.3 Å². The predicted octanol–water partition coefficient (Wildman–Crippen LogP) is 2.25. The summed E-state index contributed by atoms with van der Waals surface area (Å²) in [7, 11) is 0. The lowest BCUT2D eigenvalue weighted by Crippen LogP contribution is -2.57. The molecule has 1 fully saturated rings. The number of benzene rings is 1. The van der Waals surface area contributed by atoms with Gasteiger partial charge in [0.15, 0.2) is 5.11 Å². The van der Waals surface area contributed by atoms with Crippen LogP contribution in [-0.4, -0.2) is 54.4 Å². The van der Waals surface area contributed by atoms with Crippen molar-refractivity contribution in [2.24, 2.45) is 0 Å². The molecule has 1 aliphatic rings. The normalized spacial score (nSPS) is 16.4. The Bertz CT molecular complexity index is 456. The SMILES string of the molecule is CCN(CC)CCN1CNC(=S)N(c2ccc(C)cc2)C1. The van der Waals surface area contributed by atoms with Gasteiger partial charge in [0.25, 0.3) is 0 Å². The predicted molar refractivity (Wildman–Crippen MR) is 93.6 cm³/mol. The van der Waals surface area contributed by atoms with E-state index in [0.717, 1.165) is 50.3 Å². The van der Waals surface area contributed by atoms with Gasteiger partial charge in [-0.15, -0.1) is 0 Å². The highest BCUT2D eigenvalue weighted by atomic mass is 32.1. The minimum Gasteiger partial charge on any atom is -0.349 e. The first-order chi connectivity index (χ1) is 10.1. The van der Waals surface area contributed by atoms with Crippen molar-refractivity contribution in [2.45, 2.75) is 20.8 Å². The Morgan fingerprint density at radius 3 is 2.48 bits per heavy atom. The van der Waals surface area contributed by atoms with E-state index in [1.165, 1.54) is 5.56 Å². The molecule has 1 saturated heterocycles. The second kappa shape index (κ2) is 7.73. The van der Waals surface area contributed by atoms with Crippen LogP contribution in [-0.2, 0) is 0 Å². The number of rotatable bonds is 6. The summed E-state index contributed by atoms with van der Waals surface area (Å²) in [5.74, 6) is 0. The summed E-state index contributed by atoms with van der Waals surface area (Å²) < 4.78 is 0. The fraction of sp³-hybridized carbons (Fsp3) is 0.562. The van der Waals surface area contributed by atoms with E-state index in [1.54, 1.807) is 0 Å². The summed E-state index contributed by atoms with van der Waals surface area (Å²) in [6, 6.07) is 8.54. The van der Waals surface area contributed by atoms with Crippen molar-refractivity contribution < 1.29 is 0 Å². The number of thiocarbonyl (C=S) groups is 1. The lowest BCUT2D eigenvalue weighted by atomic mass is 10.2. The fourth-order valence-electron chi connectivity index (χ4n) is 2.49. The maximum absolute atomic E-state index is 5.45. The highest BCUT2D eigenvalue weighted by Gasteiger charge is 2.21. The maximum Gasteiger partial charge on any atom is 0.175 e. The van der Waals surface area contributed by atoms with E-state index in [2.05, 4.69) is 65.1 Å². The Labute approximate surface area is 133 Å². The molecule has 0 atom stereocenters. The second-order valence-electron chi connectivity index (χ2n) is 5.47. The van der Waals surface area contributed by atoms with Crippen molar-refractivity contribution >= 4 is 23.0 Å². The van der Waals surface area contributed by atoms with Crippen molar-refractivity contribution in [2.75, 3.05) is 44.4 Å². The van der Waals surface area contributed by atoms with Crippen LogP contribution in [0.1, 0.15) is 19.4 Å². The molecule has 5 heteroatoms. The van der Waals surface area contributed by atoms with Crippen LogP contribution in [0.5, 0.6) is 0 Å². The van der Waals surface area contributed by atoms with E-state index < -0.39 is 0 Å². The molecule has 0 amide bonds. The highest BCUT2D eigenvalue weighted by Crippen LogP contribution is 2.17.